The van der Waals surface area contributed by atoms with Crippen LogP contribution in [0.4, 0.5) is 0 Å². The van der Waals surface area contributed by atoms with E-state index in [0.29, 0.717) is 37.2 Å². The van der Waals surface area contributed by atoms with Gasteiger partial charge in [0.2, 0.25) is 5.91 Å². The second-order valence-electron chi connectivity index (χ2n) is 8.30. The van der Waals surface area contributed by atoms with Crippen molar-refractivity contribution in [3.63, 3.8) is 0 Å². The van der Waals surface area contributed by atoms with Crippen LogP contribution in [-0.2, 0) is 16.1 Å². The van der Waals surface area contributed by atoms with Crippen molar-refractivity contribution in [1.82, 2.24) is 20.0 Å². The summed E-state index contributed by atoms with van der Waals surface area (Å²) in [6.45, 7) is 8.83. The summed E-state index contributed by atoms with van der Waals surface area (Å²) in [6.07, 6.45) is 2.66. The summed E-state index contributed by atoms with van der Waals surface area (Å²) in [7, 11) is 0. The quantitative estimate of drug-likeness (QED) is 0.567. The third-order valence-corrected chi connectivity index (χ3v) is 6.40. The van der Waals surface area contributed by atoms with Gasteiger partial charge in [0.05, 0.1) is 25.8 Å². The minimum Gasteiger partial charge on any atom is -0.373 e. The fraction of sp³-hybridized carbons (Fsp3) is 0.636. The van der Waals surface area contributed by atoms with Gasteiger partial charge in [0.15, 0.2) is 5.96 Å². The van der Waals surface area contributed by atoms with Crippen molar-refractivity contribution in [3.8, 4) is 0 Å². The number of hydrogen-bond donors (Lipinski definition) is 1. The third kappa shape index (κ3) is 5.25. The summed E-state index contributed by atoms with van der Waals surface area (Å²) >= 11 is 5.96. The largest absolute Gasteiger partial charge is 0.373 e. The number of halogens is 1. The van der Waals surface area contributed by atoms with Gasteiger partial charge in [-0.05, 0) is 44.0 Å². The predicted molar refractivity (Wildman–Crippen MR) is 119 cm³/mol. The van der Waals surface area contributed by atoms with E-state index >= 15 is 0 Å². The molecule has 3 heterocycles. The number of nitrogens with zero attached hydrogens (tertiary/aromatic N) is 4. The normalized spacial score (nSPS) is 25.5. The van der Waals surface area contributed by atoms with E-state index in [1.54, 1.807) is 0 Å². The lowest BCUT2D eigenvalue weighted by Crippen LogP contribution is -2.55. The standard InChI is InChI=1S/C22H32ClN5O2/c1-2-24-22(25-12-20-14-26-9-3-4-19(26)16-30-20)28-11-10-27(21(29)15-28)13-17-5-7-18(23)8-6-17/h5-8,19-20H,2-4,9-16H2,1H3,(H,24,25). The van der Waals surface area contributed by atoms with Gasteiger partial charge in [-0.25, -0.2) is 0 Å². The lowest BCUT2D eigenvalue weighted by Gasteiger charge is -2.37. The van der Waals surface area contributed by atoms with E-state index in [1.165, 1.54) is 19.4 Å². The third-order valence-electron chi connectivity index (χ3n) is 6.15. The number of amides is 1. The van der Waals surface area contributed by atoms with E-state index in [-0.39, 0.29) is 12.0 Å². The highest BCUT2D eigenvalue weighted by atomic mass is 35.5. The Morgan fingerprint density at radius 2 is 2.10 bits per heavy atom. The number of hydrogen-bond acceptors (Lipinski definition) is 4. The van der Waals surface area contributed by atoms with Crippen LogP contribution in [-0.4, -0.2) is 91.1 Å². The number of rotatable bonds is 5. The summed E-state index contributed by atoms with van der Waals surface area (Å²) in [5, 5.41) is 4.06. The van der Waals surface area contributed by atoms with Gasteiger partial charge in [-0.2, -0.15) is 0 Å². The number of nitrogens with one attached hydrogen (secondary N) is 1. The lowest BCUT2D eigenvalue weighted by atomic mass is 10.2. The van der Waals surface area contributed by atoms with Gasteiger partial charge in [0.1, 0.15) is 0 Å². The van der Waals surface area contributed by atoms with Gasteiger partial charge >= 0.3 is 0 Å². The van der Waals surface area contributed by atoms with Gasteiger partial charge in [-0.1, -0.05) is 23.7 Å². The van der Waals surface area contributed by atoms with E-state index in [9.17, 15) is 4.79 Å². The van der Waals surface area contributed by atoms with Crippen molar-refractivity contribution >= 4 is 23.5 Å². The van der Waals surface area contributed by atoms with Gasteiger partial charge in [0, 0.05) is 43.8 Å². The molecule has 7 nitrogen and oxygen atoms in total. The Balaban J connectivity index is 1.32. The van der Waals surface area contributed by atoms with Crippen LogP contribution in [0.15, 0.2) is 29.3 Å². The molecule has 0 radical (unpaired) electrons. The molecule has 4 rings (SSSR count). The van der Waals surface area contributed by atoms with Crippen LogP contribution in [0.25, 0.3) is 0 Å². The summed E-state index contributed by atoms with van der Waals surface area (Å²) in [4.78, 5) is 24.1. The van der Waals surface area contributed by atoms with Crippen LogP contribution in [0.3, 0.4) is 0 Å². The summed E-state index contributed by atoms with van der Waals surface area (Å²) in [6, 6.07) is 8.28. The molecule has 0 spiro atoms. The Morgan fingerprint density at radius 1 is 1.27 bits per heavy atom. The second kappa shape index (κ2) is 9.98. The van der Waals surface area contributed by atoms with Crippen LogP contribution in [0.2, 0.25) is 5.02 Å². The first-order valence-electron chi connectivity index (χ1n) is 11.0. The minimum absolute atomic E-state index is 0.121. The molecule has 1 aromatic carbocycles. The molecule has 2 atom stereocenters. The zero-order chi connectivity index (χ0) is 20.9. The molecule has 3 aliphatic heterocycles. The smallest absolute Gasteiger partial charge is 0.242 e. The molecular weight excluding hydrogens is 402 g/mol. The first kappa shape index (κ1) is 21.4. The summed E-state index contributed by atoms with van der Waals surface area (Å²) in [5.74, 6) is 0.930. The van der Waals surface area contributed by atoms with E-state index in [1.807, 2.05) is 29.2 Å². The highest BCUT2D eigenvalue weighted by Gasteiger charge is 2.32. The maximum atomic E-state index is 12.8. The van der Waals surface area contributed by atoms with Crippen molar-refractivity contribution in [2.45, 2.75) is 38.5 Å². The number of guanidine groups is 1. The van der Waals surface area contributed by atoms with Gasteiger partial charge in [0.25, 0.3) is 0 Å². The molecule has 1 amide bonds. The molecule has 1 N–H and O–H groups in total. The Hall–Kier alpha value is -1.83. The van der Waals surface area contributed by atoms with Crippen LogP contribution < -0.4 is 5.32 Å². The Morgan fingerprint density at radius 3 is 2.87 bits per heavy atom. The molecule has 0 aliphatic carbocycles. The fourth-order valence-electron chi connectivity index (χ4n) is 4.48. The molecule has 1 aromatic rings. The zero-order valence-corrected chi connectivity index (χ0v) is 18.5. The number of morpholine rings is 1. The molecule has 0 saturated carbocycles. The maximum Gasteiger partial charge on any atom is 0.242 e. The number of piperazine rings is 1. The fourth-order valence-corrected chi connectivity index (χ4v) is 4.60. The van der Waals surface area contributed by atoms with Crippen LogP contribution in [0.1, 0.15) is 25.3 Å². The Kier molecular flexibility index (Phi) is 7.12. The van der Waals surface area contributed by atoms with Crippen LogP contribution in [0, 0.1) is 0 Å². The number of ether oxygens (including phenoxy) is 1. The SMILES string of the molecule is CCNC(=NCC1CN2CCCC2CO1)N1CCN(Cc2ccc(Cl)cc2)C(=O)C1. The van der Waals surface area contributed by atoms with Crippen LogP contribution >= 0.6 is 11.6 Å². The molecule has 3 aliphatic rings. The van der Waals surface area contributed by atoms with Gasteiger partial charge < -0.3 is 19.9 Å². The topological polar surface area (TPSA) is 60.4 Å². The summed E-state index contributed by atoms with van der Waals surface area (Å²) < 4.78 is 6.04. The lowest BCUT2D eigenvalue weighted by molar-refractivity contribution is -0.135. The summed E-state index contributed by atoms with van der Waals surface area (Å²) in [5.41, 5.74) is 1.09. The predicted octanol–water partition coefficient (Wildman–Crippen LogP) is 1.81. The van der Waals surface area contributed by atoms with Gasteiger partial charge in [-0.3, -0.25) is 14.7 Å². The molecule has 2 unspecified atom stereocenters. The second-order valence-corrected chi connectivity index (χ2v) is 8.74. The zero-order valence-electron chi connectivity index (χ0n) is 17.7. The molecule has 164 valence electrons. The molecule has 3 saturated heterocycles. The molecule has 30 heavy (non-hydrogen) atoms. The highest BCUT2D eigenvalue weighted by molar-refractivity contribution is 6.30. The molecule has 0 aromatic heterocycles. The van der Waals surface area contributed by atoms with Crippen molar-refractivity contribution in [2.24, 2.45) is 4.99 Å². The molecule has 3 fully saturated rings. The minimum atomic E-state index is 0.121. The average molecular weight is 434 g/mol. The van der Waals surface area contributed by atoms with Gasteiger partial charge in [-0.15, -0.1) is 0 Å². The van der Waals surface area contributed by atoms with Crippen molar-refractivity contribution in [1.29, 1.82) is 0 Å². The van der Waals surface area contributed by atoms with E-state index < -0.39 is 0 Å². The highest BCUT2D eigenvalue weighted by Crippen LogP contribution is 2.22. The first-order chi connectivity index (χ1) is 14.6. The van der Waals surface area contributed by atoms with Crippen molar-refractivity contribution in [2.75, 3.05) is 52.4 Å². The number of aliphatic imine (C=N–C) groups is 1. The Bertz CT molecular complexity index is 756. The average Bonchev–Trinajstić information content (AvgIpc) is 3.22. The van der Waals surface area contributed by atoms with E-state index in [2.05, 4.69) is 22.0 Å². The number of fused-ring (bicyclic) bond motifs is 1. The monoisotopic (exact) mass is 433 g/mol. The maximum absolute atomic E-state index is 12.8. The van der Waals surface area contributed by atoms with Crippen molar-refractivity contribution in [3.05, 3.63) is 34.9 Å². The number of carbonyl (C=O) groups is 1. The van der Waals surface area contributed by atoms with Crippen molar-refractivity contribution < 1.29 is 9.53 Å². The van der Waals surface area contributed by atoms with Crippen LogP contribution in [0.5, 0.6) is 0 Å². The molecule has 0 bridgehead atoms. The molecule has 8 heteroatoms. The van der Waals surface area contributed by atoms with E-state index in [0.717, 1.165) is 37.8 Å². The Labute approximate surface area is 184 Å². The van der Waals surface area contributed by atoms with E-state index in [4.69, 9.17) is 21.3 Å². The number of benzene rings is 1. The number of carbonyl (C=O) groups excluding carboxylic acids is 1. The first-order valence-corrected chi connectivity index (χ1v) is 11.4. The molecular formula is C22H32ClN5O2.